The van der Waals surface area contributed by atoms with Crippen molar-refractivity contribution in [2.75, 3.05) is 0 Å². The van der Waals surface area contributed by atoms with Crippen LogP contribution in [0.25, 0.3) is 46.4 Å². The van der Waals surface area contributed by atoms with Crippen molar-refractivity contribution >= 4 is 46.4 Å². The average molecular weight is 478 g/mol. The van der Waals surface area contributed by atoms with Crippen molar-refractivity contribution in [2.45, 2.75) is 0 Å². The predicted molar refractivity (Wildman–Crippen MR) is 98.9 cm³/mol. The van der Waals surface area contributed by atoms with E-state index in [4.69, 9.17) is 0 Å². The fourth-order valence-electron chi connectivity index (χ4n) is 2.94. The fourth-order valence-corrected chi connectivity index (χ4v) is 2.94. The maximum absolute atomic E-state index is 4.62. The van der Waals surface area contributed by atoms with E-state index < -0.39 is 0 Å². The molecule has 0 saturated carbocycles. The molecule has 0 atom stereocenters. The van der Waals surface area contributed by atoms with Crippen LogP contribution in [0, 0.1) is 37.3 Å². The van der Waals surface area contributed by atoms with Gasteiger partial charge in [-0.15, -0.1) is 0 Å². The summed E-state index contributed by atoms with van der Waals surface area (Å²) < 4.78 is 0. The van der Waals surface area contributed by atoms with Crippen LogP contribution in [0.2, 0.25) is 0 Å². The summed E-state index contributed by atoms with van der Waals surface area (Å²) in [6.07, 6.45) is 8.05. The van der Waals surface area contributed by atoms with E-state index in [2.05, 4.69) is 50.3 Å². The third-order valence-electron chi connectivity index (χ3n) is 4.04. The van der Waals surface area contributed by atoms with Crippen LogP contribution in [-0.4, -0.2) is 19.9 Å². The molecular formula is C20H14ErN4. The minimum atomic E-state index is 0. The van der Waals surface area contributed by atoms with Crippen LogP contribution in [0.4, 0.5) is 0 Å². The quantitative estimate of drug-likeness (QED) is 0.341. The molecule has 4 nitrogen and oxygen atoms in total. The second-order valence-corrected chi connectivity index (χ2v) is 5.91. The summed E-state index contributed by atoms with van der Waals surface area (Å²) in [5.41, 5.74) is 7.86. The molecule has 2 aliphatic rings. The van der Waals surface area contributed by atoms with Gasteiger partial charge in [0.25, 0.3) is 0 Å². The van der Waals surface area contributed by atoms with Gasteiger partial charge in [0.2, 0.25) is 0 Å². The van der Waals surface area contributed by atoms with Crippen LogP contribution in [-0.2, 0) is 0 Å². The number of H-pyrrole nitrogens is 2. The molecule has 0 aliphatic carbocycles. The van der Waals surface area contributed by atoms with Crippen molar-refractivity contribution in [3.8, 4) is 0 Å². The van der Waals surface area contributed by atoms with Crippen molar-refractivity contribution < 1.29 is 37.3 Å². The van der Waals surface area contributed by atoms with Gasteiger partial charge in [-0.25, -0.2) is 9.97 Å². The summed E-state index contributed by atoms with van der Waals surface area (Å²) in [4.78, 5) is 16.0. The molecule has 8 bridgehead atoms. The van der Waals surface area contributed by atoms with E-state index in [0.717, 1.165) is 44.8 Å². The maximum atomic E-state index is 4.62. The van der Waals surface area contributed by atoms with E-state index in [9.17, 15) is 0 Å². The zero-order valence-electron chi connectivity index (χ0n) is 13.1. The van der Waals surface area contributed by atoms with E-state index in [1.165, 1.54) is 0 Å². The van der Waals surface area contributed by atoms with Crippen molar-refractivity contribution in [2.24, 2.45) is 0 Å². The topological polar surface area (TPSA) is 57.4 Å². The molecule has 5 heterocycles. The van der Waals surface area contributed by atoms with Gasteiger partial charge in [-0.1, -0.05) is 0 Å². The Hall–Kier alpha value is -2.15. The molecule has 2 aliphatic heterocycles. The van der Waals surface area contributed by atoms with Crippen LogP contribution < -0.4 is 0 Å². The van der Waals surface area contributed by atoms with Crippen LogP contribution in [0.1, 0.15) is 22.8 Å². The molecule has 2 N–H and O–H groups in total. The first-order valence-electron chi connectivity index (χ1n) is 7.85. The summed E-state index contributed by atoms with van der Waals surface area (Å²) in [5.74, 6) is 0. The summed E-state index contributed by atoms with van der Waals surface area (Å²) in [5, 5.41) is 0. The molecule has 3 aromatic heterocycles. The molecule has 0 spiro atoms. The zero-order valence-corrected chi connectivity index (χ0v) is 15.0. The smallest absolute Gasteiger partial charge is 0.0659 e. The number of aromatic nitrogens is 4. The van der Waals surface area contributed by atoms with Crippen LogP contribution in [0.5, 0.6) is 0 Å². The molecule has 5 heteroatoms. The van der Waals surface area contributed by atoms with E-state index in [0.29, 0.717) is 0 Å². The Balaban J connectivity index is 0.00000157. The first-order chi connectivity index (χ1) is 11.8. The first kappa shape index (κ1) is 16.3. The molecule has 0 aromatic carbocycles. The number of hydrogen-bond acceptors (Lipinski definition) is 2. The summed E-state index contributed by atoms with van der Waals surface area (Å²) >= 11 is 0. The minimum Gasteiger partial charge on any atom is -0.355 e. The van der Waals surface area contributed by atoms with Crippen molar-refractivity contribution in [1.82, 2.24) is 19.9 Å². The Morgan fingerprint density at radius 3 is 1.28 bits per heavy atom. The maximum Gasteiger partial charge on any atom is 0.0659 e. The van der Waals surface area contributed by atoms with Crippen LogP contribution in [0.3, 0.4) is 0 Å². The number of hydrogen-bond donors (Lipinski definition) is 2. The second kappa shape index (κ2) is 6.63. The number of rotatable bonds is 0. The summed E-state index contributed by atoms with van der Waals surface area (Å²) in [6, 6.07) is 16.4. The molecule has 5 rings (SSSR count). The summed E-state index contributed by atoms with van der Waals surface area (Å²) in [7, 11) is 0. The number of fused-ring (bicyclic) bond motifs is 8. The molecule has 126 valence electrons. The fraction of sp³-hybridized carbons (Fsp3) is 0. The van der Waals surface area contributed by atoms with Gasteiger partial charge in [-0.2, -0.15) is 0 Å². The van der Waals surface area contributed by atoms with Crippen molar-refractivity contribution in [1.29, 1.82) is 0 Å². The standard InChI is InChI=1S/C20H14N4.Er/c1-2-14-10-16-5-6-18(23-16)12-20-8-7-19(24-20)11-17-4-3-15(22-17)9-13(1)21-14;/h1-12,21-22H;. The van der Waals surface area contributed by atoms with Gasteiger partial charge in [0.15, 0.2) is 0 Å². The number of nitrogens with one attached hydrogen (secondary N) is 2. The molecule has 0 amide bonds. The van der Waals surface area contributed by atoms with E-state index in [1.54, 1.807) is 0 Å². The van der Waals surface area contributed by atoms with Crippen molar-refractivity contribution in [3.63, 3.8) is 0 Å². The minimum absolute atomic E-state index is 0. The predicted octanol–water partition coefficient (Wildman–Crippen LogP) is 4.66. The third kappa shape index (κ3) is 3.46. The Morgan fingerprint density at radius 1 is 0.480 bits per heavy atom. The van der Waals surface area contributed by atoms with Gasteiger partial charge in [-0.3, -0.25) is 0 Å². The average Bonchev–Trinajstić information content (AvgIpc) is 3.32. The van der Waals surface area contributed by atoms with Crippen LogP contribution >= 0.6 is 0 Å². The van der Waals surface area contributed by atoms with E-state index in [1.807, 2.05) is 42.5 Å². The third-order valence-corrected chi connectivity index (χ3v) is 4.04. The summed E-state index contributed by atoms with van der Waals surface area (Å²) in [6.45, 7) is 0. The molecule has 0 unspecified atom stereocenters. The molecule has 0 radical (unpaired) electrons. The van der Waals surface area contributed by atoms with Gasteiger partial charge in [0.05, 0.1) is 22.8 Å². The Morgan fingerprint density at radius 2 is 0.840 bits per heavy atom. The van der Waals surface area contributed by atoms with E-state index >= 15 is 0 Å². The van der Waals surface area contributed by atoms with Gasteiger partial charge >= 0.3 is 0 Å². The number of nitrogens with zero attached hydrogens (tertiary/aromatic N) is 2. The van der Waals surface area contributed by atoms with Gasteiger partial charge in [0.1, 0.15) is 0 Å². The zero-order chi connectivity index (χ0) is 15.9. The molecule has 0 saturated heterocycles. The largest absolute Gasteiger partial charge is 0.355 e. The van der Waals surface area contributed by atoms with Gasteiger partial charge < -0.3 is 9.97 Å². The van der Waals surface area contributed by atoms with Crippen molar-refractivity contribution in [3.05, 3.63) is 71.3 Å². The first-order valence-corrected chi connectivity index (χ1v) is 7.85. The Bertz CT molecular complexity index is 1080. The molecular weight excluding hydrogens is 464 g/mol. The molecule has 0 fully saturated rings. The SMILES string of the molecule is C1=Cc2cc3ccc(cc4ccc(cc5nc(cc1n2)C=C5)[nH]4)[nH]3.[Er]. The molecule has 3 aromatic rings. The van der Waals surface area contributed by atoms with E-state index in [-0.39, 0.29) is 37.3 Å². The van der Waals surface area contributed by atoms with Crippen LogP contribution in [0.15, 0.2) is 48.5 Å². The van der Waals surface area contributed by atoms with Gasteiger partial charge in [0, 0.05) is 59.4 Å². The monoisotopic (exact) mass is 476 g/mol. The number of aromatic amines is 2. The Kier molecular flexibility index (Phi) is 4.33. The Labute approximate surface area is 174 Å². The normalized spacial score (nSPS) is 12.2. The molecule has 25 heavy (non-hydrogen) atoms. The van der Waals surface area contributed by atoms with Gasteiger partial charge in [-0.05, 0) is 72.8 Å². The second-order valence-electron chi connectivity index (χ2n) is 5.91.